The van der Waals surface area contributed by atoms with E-state index in [-0.39, 0.29) is 18.0 Å². The molecule has 1 aliphatic heterocycles. The van der Waals surface area contributed by atoms with Crippen molar-refractivity contribution in [2.75, 3.05) is 26.3 Å². The second kappa shape index (κ2) is 4.48. The maximum Gasteiger partial charge on any atom is 0.246 e. The van der Waals surface area contributed by atoms with E-state index in [1.165, 1.54) is 22.5 Å². The lowest BCUT2D eigenvalue weighted by Crippen LogP contribution is -2.40. The first-order valence-corrected chi connectivity index (χ1v) is 6.39. The van der Waals surface area contributed by atoms with Gasteiger partial charge >= 0.3 is 0 Å². The maximum atomic E-state index is 13.4. The molecule has 0 atom stereocenters. The highest BCUT2D eigenvalue weighted by Crippen LogP contribution is 2.19. The molecule has 1 aromatic rings. The normalized spacial score (nSPS) is 18.6. The molecule has 1 saturated heterocycles. The van der Waals surface area contributed by atoms with Gasteiger partial charge in [0.25, 0.3) is 0 Å². The van der Waals surface area contributed by atoms with Crippen molar-refractivity contribution < 1.29 is 17.5 Å². The van der Waals surface area contributed by atoms with E-state index in [0.717, 1.165) is 6.07 Å². The van der Waals surface area contributed by atoms with Gasteiger partial charge in [-0.3, -0.25) is 0 Å². The highest BCUT2D eigenvalue weighted by Gasteiger charge is 2.28. The number of rotatable bonds is 2. The van der Waals surface area contributed by atoms with Crippen LogP contribution < -0.4 is 0 Å². The third-order valence-corrected chi connectivity index (χ3v) is 4.36. The molecular weight excluding hydrogens is 233 g/mol. The van der Waals surface area contributed by atoms with Gasteiger partial charge in [0.1, 0.15) is 10.7 Å². The van der Waals surface area contributed by atoms with E-state index in [0.29, 0.717) is 13.2 Å². The topological polar surface area (TPSA) is 46.6 Å². The van der Waals surface area contributed by atoms with Crippen LogP contribution in [-0.2, 0) is 14.8 Å². The van der Waals surface area contributed by atoms with E-state index in [4.69, 9.17) is 4.74 Å². The number of hydrogen-bond donors (Lipinski definition) is 0. The summed E-state index contributed by atoms with van der Waals surface area (Å²) in [7, 11) is -3.71. The molecule has 6 heteroatoms. The first-order chi connectivity index (χ1) is 7.62. The predicted molar refractivity (Wildman–Crippen MR) is 56.0 cm³/mol. The van der Waals surface area contributed by atoms with Crippen molar-refractivity contribution in [3.05, 3.63) is 30.1 Å². The Morgan fingerprint density at radius 2 is 1.81 bits per heavy atom. The van der Waals surface area contributed by atoms with Gasteiger partial charge in [-0.15, -0.1) is 0 Å². The first kappa shape index (κ1) is 11.5. The van der Waals surface area contributed by atoms with Crippen LogP contribution in [0.15, 0.2) is 29.2 Å². The van der Waals surface area contributed by atoms with Crippen molar-refractivity contribution >= 4 is 10.0 Å². The van der Waals surface area contributed by atoms with Gasteiger partial charge in [-0.1, -0.05) is 12.1 Å². The molecule has 0 radical (unpaired) electrons. The van der Waals surface area contributed by atoms with E-state index >= 15 is 0 Å². The molecule has 0 N–H and O–H groups in total. The Morgan fingerprint density at radius 3 is 2.44 bits per heavy atom. The highest BCUT2D eigenvalue weighted by atomic mass is 32.2. The van der Waals surface area contributed by atoms with Crippen LogP contribution in [0, 0.1) is 5.82 Å². The Kier molecular flexibility index (Phi) is 3.22. The van der Waals surface area contributed by atoms with Crippen LogP contribution in [-0.4, -0.2) is 39.0 Å². The molecule has 0 amide bonds. The molecule has 16 heavy (non-hydrogen) atoms. The lowest BCUT2D eigenvalue weighted by atomic mass is 10.4. The number of morpholine rings is 1. The fraction of sp³-hybridized carbons (Fsp3) is 0.400. The van der Waals surface area contributed by atoms with Crippen LogP contribution in [0.25, 0.3) is 0 Å². The Hall–Kier alpha value is -0.980. The number of benzene rings is 1. The van der Waals surface area contributed by atoms with Crippen molar-refractivity contribution in [1.82, 2.24) is 4.31 Å². The second-order valence-corrected chi connectivity index (χ2v) is 5.35. The summed E-state index contributed by atoms with van der Waals surface area (Å²) >= 11 is 0. The number of ether oxygens (including phenoxy) is 1. The summed E-state index contributed by atoms with van der Waals surface area (Å²) in [6.45, 7) is 1.26. The van der Waals surface area contributed by atoms with Gasteiger partial charge in [-0.05, 0) is 12.1 Å². The summed E-state index contributed by atoms with van der Waals surface area (Å²) in [5, 5.41) is 0. The smallest absolute Gasteiger partial charge is 0.246 e. The van der Waals surface area contributed by atoms with Crippen LogP contribution in [0.3, 0.4) is 0 Å². The largest absolute Gasteiger partial charge is 0.379 e. The summed E-state index contributed by atoms with van der Waals surface area (Å²) < 4.78 is 43.8. The van der Waals surface area contributed by atoms with Crippen LogP contribution in [0.2, 0.25) is 0 Å². The van der Waals surface area contributed by atoms with Crippen molar-refractivity contribution in [3.63, 3.8) is 0 Å². The van der Waals surface area contributed by atoms with Gasteiger partial charge in [-0.2, -0.15) is 4.31 Å². The standard InChI is InChI=1S/C10H12FNO3S/c11-9-3-1-2-4-10(9)16(13,14)12-5-7-15-8-6-12/h1-4H,5-8H2. The Labute approximate surface area is 93.7 Å². The third-order valence-electron chi connectivity index (χ3n) is 2.42. The monoisotopic (exact) mass is 245 g/mol. The number of hydrogen-bond acceptors (Lipinski definition) is 3. The number of halogens is 1. The predicted octanol–water partition coefficient (Wildman–Crippen LogP) is 0.847. The summed E-state index contributed by atoms with van der Waals surface area (Å²) in [6.07, 6.45) is 0. The molecule has 1 aliphatic rings. The van der Waals surface area contributed by atoms with Crippen molar-refractivity contribution in [2.45, 2.75) is 4.90 Å². The average molecular weight is 245 g/mol. The maximum absolute atomic E-state index is 13.4. The Bertz CT molecular complexity index is 469. The van der Waals surface area contributed by atoms with E-state index in [1.807, 2.05) is 0 Å². The molecule has 0 bridgehead atoms. The van der Waals surface area contributed by atoms with E-state index < -0.39 is 15.8 Å². The molecule has 4 nitrogen and oxygen atoms in total. The average Bonchev–Trinajstić information content (AvgIpc) is 2.30. The van der Waals surface area contributed by atoms with Gasteiger partial charge in [0.15, 0.2) is 0 Å². The van der Waals surface area contributed by atoms with Crippen molar-refractivity contribution in [1.29, 1.82) is 0 Å². The molecule has 88 valence electrons. The summed E-state index contributed by atoms with van der Waals surface area (Å²) in [5.74, 6) is -0.714. The number of nitrogens with zero attached hydrogens (tertiary/aromatic N) is 1. The first-order valence-electron chi connectivity index (χ1n) is 4.95. The van der Waals surface area contributed by atoms with Gasteiger partial charge in [0, 0.05) is 13.1 Å². The fourth-order valence-electron chi connectivity index (χ4n) is 1.58. The molecule has 0 spiro atoms. The molecule has 2 rings (SSSR count). The minimum absolute atomic E-state index is 0.267. The Morgan fingerprint density at radius 1 is 1.19 bits per heavy atom. The van der Waals surface area contributed by atoms with Crippen LogP contribution in [0.5, 0.6) is 0 Å². The van der Waals surface area contributed by atoms with Crippen molar-refractivity contribution in [2.24, 2.45) is 0 Å². The second-order valence-electron chi connectivity index (χ2n) is 3.45. The summed E-state index contributed by atoms with van der Waals surface area (Å²) in [6, 6.07) is 5.40. The van der Waals surface area contributed by atoms with Gasteiger partial charge < -0.3 is 4.74 Å². The van der Waals surface area contributed by atoms with Gasteiger partial charge in [0.05, 0.1) is 13.2 Å². The molecular formula is C10H12FNO3S. The van der Waals surface area contributed by atoms with Crippen LogP contribution >= 0.6 is 0 Å². The van der Waals surface area contributed by atoms with Crippen LogP contribution in [0.4, 0.5) is 4.39 Å². The summed E-state index contributed by atoms with van der Waals surface area (Å²) in [5.41, 5.74) is 0. The summed E-state index contributed by atoms with van der Waals surface area (Å²) in [4.78, 5) is -0.267. The molecule has 0 aromatic heterocycles. The molecule has 1 fully saturated rings. The van der Waals surface area contributed by atoms with Gasteiger partial charge in [-0.25, -0.2) is 12.8 Å². The zero-order chi connectivity index (χ0) is 11.6. The molecule has 0 unspecified atom stereocenters. The lowest BCUT2D eigenvalue weighted by molar-refractivity contribution is 0.0729. The van der Waals surface area contributed by atoms with Crippen molar-refractivity contribution in [3.8, 4) is 0 Å². The highest BCUT2D eigenvalue weighted by molar-refractivity contribution is 7.89. The molecule has 1 heterocycles. The lowest BCUT2D eigenvalue weighted by Gasteiger charge is -2.26. The zero-order valence-electron chi connectivity index (χ0n) is 8.60. The van der Waals surface area contributed by atoms with Crippen LogP contribution in [0.1, 0.15) is 0 Å². The van der Waals surface area contributed by atoms with E-state index in [2.05, 4.69) is 0 Å². The Balaban J connectivity index is 2.35. The third kappa shape index (κ3) is 2.09. The molecule has 1 aromatic carbocycles. The molecule has 0 saturated carbocycles. The molecule has 0 aliphatic carbocycles. The fourth-order valence-corrected chi connectivity index (χ4v) is 3.05. The minimum Gasteiger partial charge on any atom is -0.379 e. The van der Waals surface area contributed by atoms with E-state index in [9.17, 15) is 12.8 Å². The number of sulfonamides is 1. The van der Waals surface area contributed by atoms with E-state index in [1.54, 1.807) is 0 Å². The minimum atomic E-state index is -3.71. The quantitative estimate of drug-likeness (QED) is 0.776. The van der Waals surface area contributed by atoms with Gasteiger partial charge in [0.2, 0.25) is 10.0 Å². The SMILES string of the molecule is O=S(=O)(c1ccccc1F)N1CCOCC1. The zero-order valence-corrected chi connectivity index (χ0v) is 9.41.